The van der Waals surface area contributed by atoms with Crippen LogP contribution in [0.2, 0.25) is 0 Å². The van der Waals surface area contributed by atoms with Gasteiger partial charge < -0.3 is 0 Å². The zero-order valence-corrected chi connectivity index (χ0v) is 8.68. The van der Waals surface area contributed by atoms with Crippen LogP contribution in [0, 0.1) is 0 Å². The Labute approximate surface area is 81.4 Å². The number of hydrogen-bond acceptors (Lipinski definition) is 4. The van der Waals surface area contributed by atoms with E-state index < -0.39 is 10.0 Å². The fraction of sp³-hybridized carbons (Fsp3) is 0.429. The minimum atomic E-state index is -3.40. The van der Waals surface area contributed by atoms with Crippen LogP contribution in [0.5, 0.6) is 0 Å². The lowest BCUT2D eigenvalue weighted by atomic mass is 10.3. The maximum absolute atomic E-state index is 11.0. The molecule has 0 fully saturated rings. The first-order valence-electron chi connectivity index (χ1n) is 3.99. The molecule has 0 aromatic carbocycles. The second kappa shape index (κ2) is 3.79. The summed E-state index contributed by atoms with van der Waals surface area (Å²) in [6.07, 6.45) is 1.56. The molecule has 6 nitrogen and oxygen atoms in total. The van der Waals surface area contributed by atoms with Crippen molar-refractivity contribution >= 4 is 16.0 Å². The van der Waals surface area contributed by atoms with Crippen LogP contribution < -0.4 is 10.3 Å². The highest BCUT2D eigenvalue weighted by molar-refractivity contribution is 7.91. The van der Waals surface area contributed by atoms with Gasteiger partial charge in [0.15, 0.2) is 0 Å². The zero-order valence-electron chi connectivity index (χ0n) is 7.86. The third-order valence-corrected chi connectivity index (χ3v) is 2.00. The highest BCUT2D eigenvalue weighted by Gasteiger charge is 2.04. The molecular weight excluding hydrogens is 206 g/mol. The molecule has 2 N–H and O–H groups in total. The molecule has 0 aliphatic carbocycles. The van der Waals surface area contributed by atoms with Gasteiger partial charge in [-0.1, -0.05) is 6.92 Å². The molecule has 0 spiro atoms. The van der Waals surface area contributed by atoms with E-state index in [0.29, 0.717) is 12.1 Å². The minimum Gasteiger partial charge on any atom is -0.292 e. The third-order valence-electron chi connectivity index (χ3n) is 1.44. The first-order chi connectivity index (χ1) is 6.40. The molecule has 1 aromatic rings. The Morgan fingerprint density at radius 3 is 2.71 bits per heavy atom. The summed E-state index contributed by atoms with van der Waals surface area (Å²) in [4.78, 5) is 17.2. The number of hydrogen-bond donors (Lipinski definition) is 2. The van der Waals surface area contributed by atoms with Crippen LogP contribution in [0.4, 0.5) is 5.95 Å². The molecule has 0 atom stereocenters. The van der Waals surface area contributed by atoms with Crippen molar-refractivity contribution in [3.05, 3.63) is 22.1 Å². The molecule has 14 heavy (non-hydrogen) atoms. The van der Waals surface area contributed by atoms with Crippen molar-refractivity contribution in [1.29, 1.82) is 0 Å². The van der Waals surface area contributed by atoms with Crippen LogP contribution in [-0.4, -0.2) is 24.6 Å². The van der Waals surface area contributed by atoms with Crippen molar-refractivity contribution < 1.29 is 8.42 Å². The van der Waals surface area contributed by atoms with Gasteiger partial charge in [-0.05, 0) is 6.42 Å². The Kier molecular flexibility index (Phi) is 2.90. The molecule has 1 rings (SSSR count). The van der Waals surface area contributed by atoms with Crippen LogP contribution in [0.1, 0.15) is 12.6 Å². The Bertz CT molecular complexity index is 477. The van der Waals surface area contributed by atoms with E-state index in [1.165, 1.54) is 6.07 Å². The van der Waals surface area contributed by atoms with E-state index in [1.54, 1.807) is 0 Å². The summed E-state index contributed by atoms with van der Waals surface area (Å²) < 4.78 is 23.8. The van der Waals surface area contributed by atoms with Crippen LogP contribution >= 0.6 is 0 Å². The predicted molar refractivity (Wildman–Crippen MR) is 52.7 cm³/mol. The summed E-state index contributed by atoms with van der Waals surface area (Å²) in [6, 6.07) is 1.33. The largest absolute Gasteiger partial charge is 0.292 e. The Hall–Kier alpha value is -1.37. The maximum Gasteiger partial charge on any atom is 0.252 e. The van der Waals surface area contributed by atoms with Crippen LogP contribution in [0.25, 0.3) is 0 Å². The van der Waals surface area contributed by atoms with Gasteiger partial charge in [-0.3, -0.25) is 14.5 Å². The normalized spacial score (nSPS) is 11.3. The summed E-state index contributed by atoms with van der Waals surface area (Å²) in [6.45, 7) is 1.83. The van der Waals surface area contributed by atoms with Gasteiger partial charge in [0.25, 0.3) is 5.56 Å². The van der Waals surface area contributed by atoms with E-state index in [2.05, 4.69) is 14.7 Å². The number of aromatic nitrogens is 2. The van der Waals surface area contributed by atoms with Crippen LogP contribution in [0.3, 0.4) is 0 Å². The standard InChI is InChI=1S/C7H11N3O3S/c1-3-5-4-6(11)9-7(8-5)10-14(2,12)13/h4H,3H2,1-2H3,(H2,8,9,10,11). The Morgan fingerprint density at radius 1 is 1.57 bits per heavy atom. The lowest BCUT2D eigenvalue weighted by molar-refractivity contribution is 0.606. The number of aryl methyl sites for hydroxylation is 1. The van der Waals surface area contributed by atoms with Crippen LogP contribution in [0.15, 0.2) is 10.9 Å². The summed E-state index contributed by atoms with van der Waals surface area (Å²) in [5.41, 5.74) is 0.169. The zero-order chi connectivity index (χ0) is 10.8. The highest BCUT2D eigenvalue weighted by Crippen LogP contribution is 1.99. The van der Waals surface area contributed by atoms with E-state index in [0.717, 1.165) is 6.26 Å². The quantitative estimate of drug-likeness (QED) is 0.727. The van der Waals surface area contributed by atoms with Crippen molar-refractivity contribution in [3.8, 4) is 0 Å². The molecule has 78 valence electrons. The van der Waals surface area contributed by atoms with Crippen molar-refractivity contribution in [3.63, 3.8) is 0 Å². The molecule has 0 radical (unpaired) electrons. The van der Waals surface area contributed by atoms with Crippen molar-refractivity contribution in [1.82, 2.24) is 9.97 Å². The second-order valence-electron chi connectivity index (χ2n) is 2.81. The molecule has 7 heteroatoms. The molecule has 0 unspecified atom stereocenters. The number of anilines is 1. The van der Waals surface area contributed by atoms with Crippen LogP contribution in [-0.2, 0) is 16.4 Å². The van der Waals surface area contributed by atoms with E-state index >= 15 is 0 Å². The SMILES string of the molecule is CCc1cc(=O)[nH]c(NS(C)(=O)=O)n1. The second-order valence-corrected chi connectivity index (χ2v) is 4.56. The van der Waals surface area contributed by atoms with Gasteiger partial charge in [0.05, 0.1) is 6.26 Å². The number of aromatic amines is 1. The van der Waals surface area contributed by atoms with Gasteiger partial charge in [-0.2, -0.15) is 0 Å². The van der Waals surface area contributed by atoms with E-state index in [1.807, 2.05) is 6.92 Å². The molecule has 0 saturated carbocycles. The fourth-order valence-corrected chi connectivity index (χ4v) is 1.36. The lowest BCUT2D eigenvalue weighted by Crippen LogP contribution is -2.17. The van der Waals surface area contributed by atoms with Gasteiger partial charge >= 0.3 is 0 Å². The van der Waals surface area contributed by atoms with E-state index in [-0.39, 0.29) is 11.5 Å². The number of nitrogens with zero attached hydrogens (tertiary/aromatic N) is 1. The predicted octanol–water partition coefficient (Wildman–Crippen LogP) is -0.296. The molecular formula is C7H11N3O3S. The number of nitrogens with one attached hydrogen (secondary N) is 2. The minimum absolute atomic E-state index is 0.0446. The molecule has 0 aliphatic heterocycles. The number of rotatable bonds is 3. The summed E-state index contributed by atoms with van der Waals surface area (Å²) >= 11 is 0. The number of H-pyrrole nitrogens is 1. The lowest BCUT2D eigenvalue weighted by Gasteiger charge is -2.03. The molecule has 0 aliphatic rings. The first-order valence-corrected chi connectivity index (χ1v) is 5.88. The fourth-order valence-electron chi connectivity index (χ4n) is 0.913. The molecule has 0 saturated heterocycles. The first kappa shape index (κ1) is 10.7. The van der Waals surface area contributed by atoms with Gasteiger partial charge in [0, 0.05) is 11.8 Å². The highest BCUT2D eigenvalue weighted by atomic mass is 32.2. The molecule has 1 heterocycles. The molecule has 1 aromatic heterocycles. The topological polar surface area (TPSA) is 91.9 Å². The van der Waals surface area contributed by atoms with Gasteiger partial charge in [0.2, 0.25) is 16.0 Å². The van der Waals surface area contributed by atoms with Gasteiger partial charge in [-0.15, -0.1) is 0 Å². The van der Waals surface area contributed by atoms with Gasteiger partial charge in [0.1, 0.15) is 0 Å². The van der Waals surface area contributed by atoms with Crippen molar-refractivity contribution in [2.24, 2.45) is 0 Å². The Morgan fingerprint density at radius 2 is 2.21 bits per heavy atom. The summed E-state index contributed by atoms with van der Waals surface area (Å²) in [5, 5.41) is 0. The summed E-state index contributed by atoms with van der Waals surface area (Å²) in [5.74, 6) is -0.0446. The maximum atomic E-state index is 11.0. The smallest absolute Gasteiger partial charge is 0.252 e. The van der Waals surface area contributed by atoms with E-state index in [4.69, 9.17) is 0 Å². The Balaban J connectivity index is 3.10. The van der Waals surface area contributed by atoms with Crippen molar-refractivity contribution in [2.45, 2.75) is 13.3 Å². The summed E-state index contributed by atoms with van der Waals surface area (Å²) in [7, 11) is -3.40. The molecule has 0 amide bonds. The third kappa shape index (κ3) is 3.17. The average Bonchev–Trinajstić information content (AvgIpc) is 1.99. The molecule has 0 bridgehead atoms. The number of sulfonamides is 1. The monoisotopic (exact) mass is 217 g/mol. The van der Waals surface area contributed by atoms with Crippen molar-refractivity contribution in [2.75, 3.05) is 11.0 Å². The average molecular weight is 217 g/mol. The van der Waals surface area contributed by atoms with Gasteiger partial charge in [-0.25, -0.2) is 13.4 Å². The van der Waals surface area contributed by atoms with E-state index in [9.17, 15) is 13.2 Å².